The molecule has 0 amide bonds. The molecule has 0 aliphatic carbocycles. The quantitative estimate of drug-likeness (QED) is 0.453. The van der Waals surface area contributed by atoms with Gasteiger partial charge in [-0.25, -0.2) is 9.59 Å². The lowest BCUT2D eigenvalue weighted by Gasteiger charge is -2.21. The van der Waals surface area contributed by atoms with E-state index in [1.165, 1.54) is 21.3 Å². The van der Waals surface area contributed by atoms with Gasteiger partial charge < -0.3 is 19.3 Å². The summed E-state index contributed by atoms with van der Waals surface area (Å²) in [6.07, 6.45) is 0. The van der Waals surface area contributed by atoms with Gasteiger partial charge >= 0.3 is 11.9 Å². The van der Waals surface area contributed by atoms with Crippen LogP contribution in [0.5, 0.6) is 11.5 Å². The molecule has 6 heteroatoms. The van der Waals surface area contributed by atoms with E-state index in [1.807, 2.05) is 48.5 Å². The van der Waals surface area contributed by atoms with Crippen LogP contribution in [0, 0.1) is 0 Å². The second-order valence-corrected chi connectivity index (χ2v) is 6.90. The molecule has 0 aliphatic rings. The van der Waals surface area contributed by atoms with Crippen LogP contribution >= 0.6 is 0 Å². The molecule has 31 heavy (non-hydrogen) atoms. The number of carbonyl (C=O) groups is 2. The molecule has 0 unspecified atom stereocenters. The monoisotopic (exact) mass is 416 g/mol. The first-order chi connectivity index (χ1) is 15.0. The molecule has 0 spiro atoms. The van der Waals surface area contributed by atoms with E-state index in [2.05, 4.69) is 0 Å². The summed E-state index contributed by atoms with van der Waals surface area (Å²) < 4.78 is 16.3. The van der Waals surface area contributed by atoms with Gasteiger partial charge in [0.05, 0.1) is 21.3 Å². The molecule has 0 fully saturated rings. The normalized spacial score (nSPS) is 10.8. The second kappa shape index (κ2) is 7.99. The van der Waals surface area contributed by atoms with Crippen molar-refractivity contribution in [3.63, 3.8) is 0 Å². The summed E-state index contributed by atoms with van der Waals surface area (Å²) in [4.78, 5) is 24.6. The molecule has 4 aromatic rings. The van der Waals surface area contributed by atoms with Crippen molar-refractivity contribution < 1.29 is 28.9 Å². The van der Waals surface area contributed by atoms with E-state index in [1.54, 1.807) is 12.1 Å². The first kappa shape index (κ1) is 20.2. The Morgan fingerprint density at radius 3 is 1.61 bits per heavy atom. The van der Waals surface area contributed by atoms with Gasteiger partial charge in [0.2, 0.25) is 0 Å². The minimum absolute atomic E-state index is 0.0193. The van der Waals surface area contributed by atoms with Crippen LogP contribution in [0.2, 0.25) is 0 Å². The van der Waals surface area contributed by atoms with E-state index >= 15 is 0 Å². The first-order valence-electron chi connectivity index (χ1n) is 9.53. The fourth-order valence-electron chi connectivity index (χ4n) is 4.00. The number of esters is 1. The highest BCUT2D eigenvalue weighted by molar-refractivity contribution is 6.15. The lowest BCUT2D eigenvalue weighted by atomic mass is 9.88. The van der Waals surface area contributed by atoms with Crippen LogP contribution in [0.1, 0.15) is 20.7 Å². The van der Waals surface area contributed by atoms with Crippen molar-refractivity contribution >= 4 is 33.5 Å². The summed E-state index contributed by atoms with van der Waals surface area (Å²) in [5.74, 6) is -1.19. The van der Waals surface area contributed by atoms with Gasteiger partial charge in [-0.15, -0.1) is 0 Å². The summed E-state index contributed by atoms with van der Waals surface area (Å²) in [5, 5.41) is 12.9. The van der Waals surface area contributed by atoms with E-state index in [0.29, 0.717) is 11.1 Å². The lowest BCUT2D eigenvalue weighted by molar-refractivity contribution is 0.0596. The zero-order chi connectivity index (χ0) is 22.1. The Morgan fingerprint density at radius 1 is 0.710 bits per heavy atom. The summed E-state index contributed by atoms with van der Waals surface area (Å²) in [6.45, 7) is 0. The number of ether oxygens (including phenoxy) is 3. The topological polar surface area (TPSA) is 82.1 Å². The number of aromatic carboxylic acids is 1. The molecule has 4 rings (SSSR count). The Labute approximate surface area is 178 Å². The summed E-state index contributed by atoms with van der Waals surface area (Å²) in [7, 11) is 4.20. The molecule has 1 N–H and O–H groups in total. The average molecular weight is 416 g/mol. The molecule has 0 saturated carbocycles. The second-order valence-electron chi connectivity index (χ2n) is 6.90. The third-order valence-electron chi connectivity index (χ3n) is 5.30. The predicted molar refractivity (Wildman–Crippen MR) is 118 cm³/mol. The summed E-state index contributed by atoms with van der Waals surface area (Å²) in [5.41, 5.74) is 1.37. The van der Waals surface area contributed by atoms with Crippen LogP contribution in [-0.2, 0) is 4.74 Å². The van der Waals surface area contributed by atoms with Gasteiger partial charge in [0.25, 0.3) is 0 Å². The minimum Gasteiger partial charge on any atom is -0.495 e. The van der Waals surface area contributed by atoms with Crippen molar-refractivity contribution in [3.8, 4) is 22.6 Å². The Morgan fingerprint density at radius 2 is 1.16 bits per heavy atom. The zero-order valence-electron chi connectivity index (χ0n) is 17.3. The van der Waals surface area contributed by atoms with Crippen molar-refractivity contribution in [2.45, 2.75) is 0 Å². The molecule has 156 valence electrons. The SMILES string of the molecule is COC(=O)c1cc2ccccc2c(-c2c(OC)c(C(=O)O)cc3ccccc23)c1OC. The average Bonchev–Trinajstić information content (AvgIpc) is 2.80. The largest absolute Gasteiger partial charge is 0.495 e. The van der Waals surface area contributed by atoms with E-state index in [4.69, 9.17) is 14.2 Å². The zero-order valence-corrected chi connectivity index (χ0v) is 17.3. The fourth-order valence-corrected chi connectivity index (χ4v) is 4.00. The first-order valence-corrected chi connectivity index (χ1v) is 9.53. The highest BCUT2D eigenvalue weighted by atomic mass is 16.5. The standard InChI is InChI=1S/C25H20O6/c1-29-22-18(24(26)27)12-14-8-4-6-10-16(14)20(22)21-17-11-7-5-9-15(17)13-19(23(21)30-2)25(28)31-3/h4-13H,1-3H3,(H,26,27). The molecular weight excluding hydrogens is 396 g/mol. The molecule has 6 nitrogen and oxygen atoms in total. The van der Waals surface area contributed by atoms with E-state index in [-0.39, 0.29) is 22.6 Å². The van der Waals surface area contributed by atoms with Crippen LogP contribution in [0.3, 0.4) is 0 Å². The number of hydrogen-bond donors (Lipinski definition) is 1. The van der Waals surface area contributed by atoms with Crippen LogP contribution in [-0.4, -0.2) is 38.4 Å². The van der Waals surface area contributed by atoms with Gasteiger partial charge in [-0.3, -0.25) is 0 Å². The maximum Gasteiger partial charge on any atom is 0.341 e. The molecule has 0 heterocycles. The number of carboxylic acid groups (broad SMARTS) is 1. The summed E-state index contributed by atoms with van der Waals surface area (Å²) in [6, 6.07) is 18.2. The number of carboxylic acids is 1. The number of rotatable bonds is 5. The van der Waals surface area contributed by atoms with E-state index in [0.717, 1.165) is 21.5 Å². The van der Waals surface area contributed by atoms with Crippen LogP contribution in [0.4, 0.5) is 0 Å². The van der Waals surface area contributed by atoms with E-state index in [9.17, 15) is 14.7 Å². The maximum absolute atomic E-state index is 12.6. The molecule has 0 saturated heterocycles. The third kappa shape index (κ3) is 3.22. The van der Waals surface area contributed by atoms with Gasteiger partial charge in [0.15, 0.2) is 0 Å². The highest BCUT2D eigenvalue weighted by Crippen LogP contribution is 2.48. The maximum atomic E-state index is 12.6. The minimum atomic E-state index is -1.11. The number of methoxy groups -OCH3 is 3. The van der Waals surface area contributed by atoms with Gasteiger partial charge in [0.1, 0.15) is 22.6 Å². The van der Waals surface area contributed by atoms with Crippen LogP contribution in [0.15, 0.2) is 60.7 Å². The molecule has 0 bridgehead atoms. The Bertz CT molecular complexity index is 1340. The number of hydrogen-bond acceptors (Lipinski definition) is 5. The Hall–Kier alpha value is -4.06. The Kier molecular flexibility index (Phi) is 5.21. The van der Waals surface area contributed by atoms with Gasteiger partial charge in [-0.2, -0.15) is 0 Å². The Balaban J connectivity index is 2.30. The molecule has 0 atom stereocenters. The number of benzene rings is 4. The van der Waals surface area contributed by atoms with Crippen molar-refractivity contribution in [3.05, 3.63) is 71.8 Å². The lowest BCUT2D eigenvalue weighted by Crippen LogP contribution is -2.07. The molecule has 0 aliphatic heterocycles. The van der Waals surface area contributed by atoms with Gasteiger partial charge in [-0.05, 0) is 33.7 Å². The molecular formula is C25H20O6. The third-order valence-corrected chi connectivity index (χ3v) is 5.30. The van der Waals surface area contributed by atoms with Crippen molar-refractivity contribution in [1.82, 2.24) is 0 Å². The van der Waals surface area contributed by atoms with Crippen molar-refractivity contribution in [1.29, 1.82) is 0 Å². The highest BCUT2D eigenvalue weighted by Gasteiger charge is 2.27. The van der Waals surface area contributed by atoms with Crippen LogP contribution in [0.25, 0.3) is 32.7 Å². The smallest absolute Gasteiger partial charge is 0.341 e. The molecule has 4 aromatic carbocycles. The van der Waals surface area contributed by atoms with Crippen LogP contribution < -0.4 is 9.47 Å². The molecule has 0 radical (unpaired) electrons. The van der Waals surface area contributed by atoms with Crippen molar-refractivity contribution in [2.24, 2.45) is 0 Å². The number of carbonyl (C=O) groups excluding carboxylic acids is 1. The number of fused-ring (bicyclic) bond motifs is 2. The summed E-state index contributed by atoms with van der Waals surface area (Å²) >= 11 is 0. The van der Waals surface area contributed by atoms with E-state index < -0.39 is 11.9 Å². The predicted octanol–water partition coefficient (Wildman–Crippen LogP) is 5.16. The van der Waals surface area contributed by atoms with Gasteiger partial charge in [-0.1, -0.05) is 48.5 Å². The van der Waals surface area contributed by atoms with Gasteiger partial charge in [0, 0.05) is 11.1 Å². The fraction of sp³-hybridized carbons (Fsp3) is 0.120. The molecule has 0 aromatic heterocycles. The van der Waals surface area contributed by atoms with Crippen molar-refractivity contribution in [2.75, 3.05) is 21.3 Å².